The highest BCUT2D eigenvalue weighted by Gasteiger charge is 2.21. The molecule has 0 saturated carbocycles. The molecule has 1 fully saturated rings. The molecule has 142 valence electrons. The van der Waals surface area contributed by atoms with E-state index in [1.165, 1.54) is 16.5 Å². The summed E-state index contributed by atoms with van der Waals surface area (Å²) in [6.45, 7) is 1.99. The zero-order chi connectivity index (χ0) is 18.8. The molecule has 0 radical (unpaired) electrons. The first kappa shape index (κ1) is 17.7. The molecule has 1 aromatic carbocycles. The van der Waals surface area contributed by atoms with Gasteiger partial charge in [0, 0.05) is 43.5 Å². The van der Waals surface area contributed by atoms with Crippen LogP contribution in [0.2, 0.25) is 0 Å². The lowest BCUT2D eigenvalue weighted by Crippen LogP contribution is -2.27. The number of hydrogen-bond acceptors (Lipinski definition) is 4. The Kier molecular flexibility index (Phi) is 4.94. The van der Waals surface area contributed by atoms with Crippen molar-refractivity contribution < 1.29 is 4.79 Å². The van der Waals surface area contributed by atoms with Crippen LogP contribution in [0.1, 0.15) is 36.6 Å². The largest absolute Gasteiger partial charge is 0.350 e. The van der Waals surface area contributed by atoms with Gasteiger partial charge in [-0.05, 0) is 44.0 Å². The molecule has 1 amide bonds. The van der Waals surface area contributed by atoms with E-state index < -0.39 is 0 Å². The molecule has 1 aliphatic heterocycles. The fourth-order valence-corrected chi connectivity index (χ4v) is 3.83. The molecule has 0 spiro atoms. The van der Waals surface area contributed by atoms with Gasteiger partial charge in [-0.15, -0.1) is 0 Å². The van der Waals surface area contributed by atoms with E-state index in [1.54, 1.807) is 4.68 Å². The number of piperidine rings is 1. The van der Waals surface area contributed by atoms with Crippen LogP contribution in [0.3, 0.4) is 0 Å². The number of aryl methyl sites for hydroxylation is 3. The van der Waals surface area contributed by atoms with Crippen molar-refractivity contribution in [1.29, 1.82) is 0 Å². The molecule has 2 aromatic heterocycles. The van der Waals surface area contributed by atoms with Crippen LogP contribution in [0.15, 0.2) is 30.5 Å². The van der Waals surface area contributed by atoms with Crippen molar-refractivity contribution in [3.63, 3.8) is 0 Å². The van der Waals surface area contributed by atoms with Gasteiger partial charge in [-0.1, -0.05) is 18.2 Å². The van der Waals surface area contributed by atoms with Crippen molar-refractivity contribution in [2.24, 2.45) is 14.1 Å². The summed E-state index contributed by atoms with van der Waals surface area (Å²) in [6, 6.07) is 8.28. The summed E-state index contributed by atoms with van der Waals surface area (Å²) in [5.74, 6) is 1.71. The molecule has 1 saturated heterocycles. The summed E-state index contributed by atoms with van der Waals surface area (Å²) in [6.07, 6.45) is 5.31. The van der Waals surface area contributed by atoms with E-state index in [0.29, 0.717) is 24.7 Å². The van der Waals surface area contributed by atoms with Crippen molar-refractivity contribution in [2.75, 3.05) is 18.4 Å². The summed E-state index contributed by atoms with van der Waals surface area (Å²) < 4.78 is 3.78. The van der Waals surface area contributed by atoms with Crippen LogP contribution in [0.25, 0.3) is 10.9 Å². The third-order valence-corrected chi connectivity index (χ3v) is 5.34. The summed E-state index contributed by atoms with van der Waals surface area (Å²) in [5, 5.41) is 12.0. The van der Waals surface area contributed by atoms with E-state index in [9.17, 15) is 4.79 Å². The third-order valence-electron chi connectivity index (χ3n) is 5.34. The SMILES string of the molecule is Cn1nc(C2CCNCC2)nc1NC(=O)CCc1cn(C)c2ccccc12. The third kappa shape index (κ3) is 3.73. The smallest absolute Gasteiger partial charge is 0.227 e. The first-order chi connectivity index (χ1) is 13.1. The maximum atomic E-state index is 12.5. The molecule has 27 heavy (non-hydrogen) atoms. The molecule has 2 N–H and O–H groups in total. The molecule has 0 bridgehead atoms. The van der Waals surface area contributed by atoms with Gasteiger partial charge < -0.3 is 9.88 Å². The predicted molar refractivity (Wildman–Crippen MR) is 106 cm³/mol. The number of amides is 1. The van der Waals surface area contributed by atoms with Crippen molar-refractivity contribution >= 4 is 22.8 Å². The molecular weight excluding hydrogens is 340 g/mol. The number of nitrogens with zero attached hydrogens (tertiary/aromatic N) is 4. The summed E-state index contributed by atoms with van der Waals surface area (Å²) in [5.41, 5.74) is 2.38. The van der Waals surface area contributed by atoms with Crippen molar-refractivity contribution in [1.82, 2.24) is 24.6 Å². The Labute approximate surface area is 158 Å². The van der Waals surface area contributed by atoms with Crippen LogP contribution in [0.5, 0.6) is 0 Å². The van der Waals surface area contributed by atoms with Gasteiger partial charge in [0.2, 0.25) is 11.9 Å². The van der Waals surface area contributed by atoms with Gasteiger partial charge >= 0.3 is 0 Å². The highest BCUT2D eigenvalue weighted by atomic mass is 16.1. The molecule has 4 rings (SSSR count). The Balaban J connectivity index is 1.40. The second-order valence-electron chi connectivity index (χ2n) is 7.27. The summed E-state index contributed by atoms with van der Waals surface area (Å²) in [4.78, 5) is 17.0. The van der Waals surface area contributed by atoms with Crippen LogP contribution in [-0.4, -0.2) is 38.3 Å². The Hall–Kier alpha value is -2.67. The highest BCUT2D eigenvalue weighted by molar-refractivity contribution is 5.90. The number of benzene rings is 1. The van der Waals surface area contributed by atoms with Crippen molar-refractivity contribution in [3.8, 4) is 0 Å². The minimum atomic E-state index is -0.0321. The Bertz CT molecular complexity index is 951. The molecule has 7 nitrogen and oxygen atoms in total. The Morgan fingerprint density at radius 3 is 2.85 bits per heavy atom. The first-order valence-corrected chi connectivity index (χ1v) is 9.56. The van der Waals surface area contributed by atoms with Crippen LogP contribution < -0.4 is 10.6 Å². The molecule has 3 aromatic rings. The second-order valence-corrected chi connectivity index (χ2v) is 7.27. The number of rotatable bonds is 5. The standard InChI is InChI=1S/C20H26N6O/c1-25-13-15(16-5-3-4-6-17(16)25)7-8-18(27)22-20-23-19(24-26(20)2)14-9-11-21-12-10-14/h3-6,13-14,21H,7-12H2,1-2H3,(H,22,23,24,27). The van der Waals surface area contributed by atoms with Crippen LogP contribution >= 0.6 is 0 Å². The van der Waals surface area contributed by atoms with Gasteiger partial charge in [0.05, 0.1) is 0 Å². The quantitative estimate of drug-likeness (QED) is 0.727. The fraction of sp³-hybridized carbons (Fsp3) is 0.450. The molecule has 0 atom stereocenters. The number of hydrogen-bond donors (Lipinski definition) is 2. The van der Waals surface area contributed by atoms with E-state index in [0.717, 1.165) is 31.8 Å². The Morgan fingerprint density at radius 1 is 1.26 bits per heavy atom. The van der Waals surface area contributed by atoms with E-state index in [1.807, 2.05) is 26.2 Å². The fourth-order valence-electron chi connectivity index (χ4n) is 3.83. The zero-order valence-corrected chi connectivity index (χ0v) is 15.9. The maximum Gasteiger partial charge on any atom is 0.227 e. The monoisotopic (exact) mass is 366 g/mol. The van der Waals surface area contributed by atoms with Crippen LogP contribution in [0, 0.1) is 0 Å². The molecule has 3 heterocycles. The summed E-state index contributed by atoms with van der Waals surface area (Å²) >= 11 is 0. The van der Waals surface area contributed by atoms with Gasteiger partial charge in [0.15, 0.2) is 5.82 Å². The highest BCUT2D eigenvalue weighted by Crippen LogP contribution is 2.24. The number of anilines is 1. The number of fused-ring (bicyclic) bond motifs is 1. The average molecular weight is 366 g/mol. The van der Waals surface area contributed by atoms with Crippen LogP contribution in [-0.2, 0) is 25.3 Å². The van der Waals surface area contributed by atoms with Gasteiger partial charge in [-0.3, -0.25) is 10.1 Å². The topological polar surface area (TPSA) is 76.8 Å². The number of carbonyl (C=O) groups is 1. The number of para-hydroxylation sites is 1. The second kappa shape index (κ2) is 7.52. The first-order valence-electron chi connectivity index (χ1n) is 9.56. The number of aromatic nitrogens is 4. The molecule has 1 aliphatic rings. The number of carbonyl (C=O) groups excluding carboxylic acids is 1. The zero-order valence-electron chi connectivity index (χ0n) is 15.9. The lowest BCUT2D eigenvalue weighted by Gasteiger charge is -2.19. The van der Waals surface area contributed by atoms with Gasteiger partial charge in [-0.2, -0.15) is 10.1 Å². The molecule has 0 aliphatic carbocycles. The normalized spacial score (nSPS) is 15.3. The lowest BCUT2D eigenvalue weighted by atomic mass is 9.98. The van der Waals surface area contributed by atoms with Gasteiger partial charge in [0.25, 0.3) is 0 Å². The minimum Gasteiger partial charge on any atom is -0.350 e. The maximum absolute atomic E-state index is 12.5. The Morgan fingerprint density at radius 2 is 2.04 bits per heavy atom. The number of nitrogens with one attached hydrogen (secondary N) is 2. The van der Waals surface area contributed by atoms with E-state index in [4.69, 9.17) is 0 Å². The van der Waals surface area contributed by atoms with Gasteiger partial charge in [-0.25, -0.2) is 4.68 Å². The minimum absolute atomic E-state index is 0.0321. The van der Waals surface area contributed by atoms with Crippen molar-refractivity contribution in [3.05, 3.63) is 41.9 Å². The van der Waals surface area contributed by atoms with E-state index in [2.05, 4.69) is 43.6 Å². The lowest BCUT2D eigenvalue weighted by molar-refractivity contribution is -0.116. The molecule has 7 heteroatoms. The van der Waals surface area contributed by atoms with Gasteiger partial charge in [0.1, 0.15) is 0 Å². The van der Waals surface area contributed by atoms with Crippen LogP contribution in [0.4, 0.5) is 5.95 Å². The molecule has 0 unspecified atom stereocenters. The van der Waals surface area contributed by atoms with E-state index in [-0.39, 0.29) is 5.91 Å². The van der Waals surface area contributed by atoms with Crippen molar-refractivity contribution in [2.45, 2.75) is 31.6 Å². The average Bonchev–Trinajstić information content (AvgIpc) is 3.21. The predicted octanol–water partition coefficient (Wildman–Crippen LogP) is 2.35. The molecular formula is C20H26N6O. The van der Waals surface area contributed by atoms with E-state index >= 15 is 0 Å². The summed E-state index contributed by atoms with van der Waals surface area (Å²) in [7, 11) is 3.87.